The van der Waals surface area contributed by atoms with E-state index in [0.717, 1.165) is 45.1 Å². The molecule has 1 heterocycles. The monoisotopic (exact) mass is 397 g/mol. The first-order valence-corrected chi connectivity index (χ1v) is 10.5. The van der Waals surface area contributed by atoms with Gasteiger partial charge in [0.05, 0.1) is 22.9 Å². The average Bonchev–Trinajstić information content (AvgIpc) is 2.69. The van der Waals surface area contributed by atoms with E-state index in [0.29, 0.717) is 0 Å². The van der Waals surface area contributed by atoms with Crippen LogP contribution in [0.2, 0.25) is 0 Å². The van der Waals surface area contributed by atoms with Crippen LogP contribution in [0.15, 0.2) is 58.5 Å². The summed E-state index contributed by atoms with van der Waals surface area (Å²) in [6, 6.07) is 16.3. The lowest BCUT2D eigenvalue weighted by Crippen LogP contribution is -2.15. The van der Waals surface area contributed by atoms with Crippen molar-refractivity contribution in [1.82, 2.24) is 0 Å². The third-order valence-electron chi connectivity index (χ3n) is 4.79. The predicted octanol–water partition coefficient (Wildman–Crippen LogP) is 5.73. The van der Waals surface area contributed by atoms with Crippen molar-refractivity contribution in [2.24, 2.45) is 9.98 Å². The maximum absolute atomic E-state index is 6.14. The number of para-hydroxylation sites is 2. The quantitative estimate of drug-likeness (QED) is 0.455. The van der Waals surface area contributed by atoms with E-state index in [-0.39, 0.29) is 0 Å². The molecule has 0 amide bonds. The van der Waals surface area contributed by atoms with Gasteiger partial charge in [-0.05, 0) is 74.2 Å². The highest BCUT2D eigenvalue weighted by Crippen LogP contribution is 2.31. The summed E-state index contributed by atoms with van der Waals surface area (Å²) in [4.78, 5) is 9.43. The Hall–Kier alpha value is -2.87. The van der Waals surface area contributed by atoms with Gasteiger partial charge in [0.15, 0.2) is 0 Å². The number of aliphatic imine (C=N–C) groups is 2. The fourth-order valence-corrected chi connectivity index (χ4v) is 4.45. The fourth-order valence-electron chi connectivity index (χ4n) is 3.57. The summed E-state index contributed by atoms with van der Waals surface area (Å²) >= 11 is -0.733. The molecule has 3 aromatic rings. The molecular weight excluding hydrogens is 375 g/mol. The number of benzene rings is 3. The Balaban J connectivity index is 1.89. The molecule has 3 aromatic carbocycles. The first kappa shape index (κ1) is 19.4. The van der Waals surface area contributed by atoms with E-state index >= 15 is 0 Å². The molecule has 4 rings (SSSR count). The van der Waals surface area contributed by atoms with Gasteiger partial charge in [-0.3, -0.25) is 9.98 Å². The van der Waals surface area contributed by atoms with Crippen molar-refractivity contribution in [2.45, 2.75) is 27.7 Å². The second-order valence-corrected chi connectivity index (χ2v) is 8.00. The average molecular weight is 397 g/mol. The molecule has 0 fully saturated rings. The van der Waals surface area contributed by atoms with Gasteiger partial charge in [-0.15, -0.1) is 0 Å². The van der Waals surface area contributed by atoms with Crippen molar-refractivity contribution in [2.75, 3.05) is 0 Å². The fraction of sp³-hybridized carbons (Fsp3) is 0.167. The van der Waals surface area contributed by atoms with Crippen molar-refractivity contribution in [3.63, 3.8) is 0 Å². The maximum atomic E-state index is 6.14. The highest BCUT2D eigenvalue weighted by Gasteiger charge is 2.16. The first-order valence-electron chi connectivity index (χ1n) is 9.56. The van der Waals surface area contributed by atoms with E-state index in [1.54, 1.807) is 0 Å². The molecule has 0 bridgehead atoms. The number of aryl methyl sites for hydroxylation is 4. The van der Waals surface area contributed by atoms with Crippen LogP contribution in [0.5, 0.6) is 11.5 Å². The number of rotatable bonds is 0. The smallest absolute Gasteiger partial charge is 0.615 e. The Kier molecular flexibility index (Phi) is 5.53. The van der Waals surface area contributed by atoms with E-state index in [1.165, 1.54) is 11.1 Å². The van der Waals surface area contributed by atoms with Crippen molar-refractivity contribution in [3.05, 3.63) is 81.9 Å². The lowest BCUT2D eigenvalue weighted by Gasteiger charge is -2.17. The zero-order chi connectivity index (χ0) is 20.4. The van der Waals surface area contributed by atoms with Gasteiger partial charge in [-0.2, -0.15) is 0 Å². The molecule has 0 spiro atoms. The Morgan fingerprint density at radius 2 is 1.10 bits per heavy atom. The van der Waals surface area contributed by atoms with Crippen LogP contribution in [-0.4, -0.2) is 28.3 Å². The SMILES string of the molecule is Cc1cc(C)c2c(c1)C=Nc1ccccc1N=Cc1cc(C)cc(C)c1[O][Al][O]2. The molecule has 0 aliphatic carbocycles. The molecule has 1 aliphatic heterocycles. The summed E-state index contributed by atoms with van der Waals surface area (Å²) < 4.78 is 12.3. The van der Waals surface area contributed by atoms with Gasteiger partial charge in [-0.1, -0.05) is 24.3 Å². The van der Waals surface area contributed by atoms with Gasteiger partial charge in [0, 0.05) is 23.6 Å². The minimum Gasteiger partial charge on any atom is -0.615 e. The van der Waals surface area contributed by atoms with E-state index < -0.39 is 15.9 Å². The zero-order valence-corrected chi connectivity index (χ0v) is 18.2. The van der Waals surface area contributed by atoms with E-state index in [2.05, 4.69) is 52.0 Å². The van der Waals surface area contributed by atoms with Crippen LogP contribution in [0.4, 0.5) is 11.4 Å². The lowest BCUT2D eigenvalue weighted by molar-refractivity contribution is 0.454. The summed E-state index contributed by atoms with van der Waals surface area (Å²) in [6.07, 6.45) is 3.70. The molecule has 1 aliphatic rings. The van der Waals surface area contributed by atoms with Crippen molar-refractivity contribution < 1.29 is 7.58 Å². The van der Waals surface area contributed by atoms with Crippen LogP contribution >= 0.6 is 0 Å². The molecule has 29 heavy (non-hydrogen) atoms. The Labute approximate surface area is 178 Å². The van der Waals surface area contributed by atoms with Crippen LogP contribution in [0.1, 0.15) is 33.4 Å². The predicted molar refractivity (Wildman–Crippen MR) is 120 cm³/mol. The normalized spacial score (nSPS) is 12.7. The van der Waals surface area contributed by atoms with Gasteiger partial charge in [-0.25, -0.2) is 0 Å². The van der Waals surface area contributed by atoms with Crippen LogP contribution in [0, 0.1) is 27.7 Å². The summed E-state index contributed by atoms with van der Waals surface area (Å²) in [5.74, 6) is 1.64. The van der Waals surface area contributed by atoms with Crippen LogP contribution in [0.3, 0.4) is 0 Å². The number of hydrogen-bond donors (Lipinski definition) is 0. The number of nitrogens with zero attached hydrogens (tertiary/aromatic N) is 2. The van der Waals surface area contributed by atoms with E-state index in [4.69, 9.17) is 17.6 Å². The lowest BCUT2D eigenvalue weighted by atomic mass is 10.1. The van der Waals surface area contributed by atoms with E-state index in [1.807, 2.05) is 36.7 Å². The Morgan fingerprint density at radius 3 is 1.55 bits per heavy atom. The molecule has 143 valence electrons. The van der Waals surface area contributed by atoms with Crippen LogP contribution in [-0.2, 0) is 0 Å². The van der Waals surface area contributed by atoms with Gasteiger partial charge in [0.2, 0.25) is 0 Å². The molecule has 0 atom stereocenters. The van der Waals surface area contributed by atoms with Crippen LogP contribution < -0.4 is 7.58 Å². The van der Waals surface area contributed by atoms with Crippen molar-refractivity contribution in [3.8, 4) is 11.5 Å². The van der Waals surface area contributed by atoms with Crippen molar-refractivity contribution >= 4 is 39.7 Å². The molecule has 0 unspecified atom stereocenters. The minimum absolute atomic E-state index is 0.733. The van der Waals surface area contributed by atoms with Crippen molar-refractivity contribution in [1.29, 1.82) is 0 Å². The summed E-state index contributed by atoms with van der Waals surface area (Å²) in [5, 5.41) is 0. The molecular formula is C24H22AlN2O2. The largest absolute Gasteiger partial charge is 0.881 e. The number of fused-ring (bicyclic) bond motifs is 3. The second-order valence-electron chi connectivity index (χ2n) is 7.34. The topological polar surface area (TPSA) is 43.2 Å². The first-order chi connectivity index (χ1) is 14.0. The highest BCUT2D eigenvalue weighted by atomic mass is 27.2. The molecule has 0 aromatic heterocycles. The molecule has 5 heteroatoms. The second kappa shape index (κ2) is 8.25. The van der Waals surface area contributed by atoms with Gasteiger partial charge in [0.1, 0.15) is 0 Å². The molecule has 1 radical (unpaired) electrons. The molecule has 0 saturated carbocycles. The van der Waals surface area contributed by atoms with Gasteiger partial charge < -0.3 is 7.58 Å². The van der Waals surface area contributed by atoms with Crippen LogP contribution in [0.25, 0.3) is 0 Å². The zero-order valence-electron chi connectivity index (χ0n) is 17.1. The Bertz CT molecular complexity index is 1050. The standard InChI is InChI=1S/C24H24N2O2.Al/c1-15-9-17(3)23(27)19(11-15)13-25-21-7-5-6-8-22(21)26-14-20-12-16(2)10-18(4)24(20)28;/h5-14,27-28H,1-4H3;/q;+2/p-2. The third-order valence-corrected chi connectivity index (χ3v) is 5.46. The highest BCUT2D eigenvalue weighted by molar-refractivity contribution is 6.21. The number of hydrogen-bond acceptors (Lipinski definition) is 4. The third kappa shape index (κ3) is 4.27. The molecule has 0 saturated heterocycles. The summed E-state index contributed by atoms with van der Waals surface area (Å²) in [6.45, 7) is 8.26. The summed E-state index contributed by atoms with van der Waals surface area (Å²) in [7, 11) is 0. The Morgan fingerprint density at radius 1 is 0.655 bits per heavy atom. The minimum atomic E-state index is -0.733. The molecule has 0 N–H and O–H groups in total. The van der Waals surface area contributed by atoms with Gasteiger partial charge in [0.25, 0.3) is 0 Å². The van der Waals surface area contributed by atoms with Gasteiger partial charge >= 0.3 is 15.9 Å². The summed E-state index contributed by atoms with van der Waals surface area (Å²) in [5.41, 5.74) is 7.99. The van der Waals surface area contributed by atoms with E-state index in [9.17, 15) is 0 Å². The molecule has 4 nitrogen and oxygen atoms in total. The maximum Gasteiger partial charge on any atom is 0.881 e.